The van der Waals surface area contributed by atoms with Crippen molar-refractivity contribution in [3.05, 3.63) is 27.6 Å². The number of methoxy groups -OCH3 is 1. The summed E-state index contributed by atoms with van der Waals surface area (Å²) in [5.41, 5.74) is -1.80. The second kappa shape index (κ2) is 5.02. The normalized spacial score (nSPS) is 10.6. The maximum Gasteiger partial charge on any atom is 0.323 e. The monoisotopic (exact) mass is 252 g/mol. The standard InChI is InChI=1S/C8H7ClF2N2O3/c1-16-5-3-12-4(2-9)6(8(10)11)7(5)13(14)15/h3,8H,2H2,1H3. The average Bonchev–Trinajstić information content (AvgIpc) is 2.26. The summed E-state index contributed by atoms with van der Waals surface area (Å²) in [7, 11) is 1.14. The predicted molar refractivity (Wildman–Crippen MR) is 52.0 cm³/mol. The Morgan fingerprint density at radius 1 is 1.69 bits per heavy atom. The molecular formula is C8H7ClF2N2O3. The third-order valence-electron chi connectivity index (χ3n) is 1.88. The quantitative estimate of drug-likeness (QED) is 0.469. The fraction of sp³-hybridized carbons (Fsp3) is 0.375. The van der Waals surface area contributed by atoms with E-state index in [1.165, 1.54) is 0 Å². The van der Waals surface area contributed by atoms with Crippen molar-refractivity contribution in [2.75, 3.05) is 7.11 Å². The number of halogens is 3. The third kappa shape index (κ3) is 2.19. The van der Waals surface area contributed by atoms with Crippen LogP contribution in [0.15, 0.2) is 6.20 Å². The summed E-state index contributed by atoms with van der Waals surface area (Å²) >= 11 is 5.39. The molecule has 88 valence electrons. The number of nitrogens with zero attached hydrogens (tertiary/aromatic N) is 2. The second-order valence-electron chi connectivity index (χ2n) is 2.73. The van der Waals surface area contributed by atoms with Crippen LogP contribution in [-0.4, -0.2) is 17.0 Å². The zero-order valence-corrected chi connectivity index (χ0v) is 8.87. The second-order valence-corrected chi connectivity index (χ2v) is 2.99. The molecule has 0 amide bonds. The zero-order chi connectivity index (χ0) is 12.3. The van der Waals surface area contributed by atoms with E-state index in [1.54, 1.807) is 0 Å². The van der Waals surface area contributed by atoms with Gasteiger partial charge in [0.15, 0.2) is 0 Å². The van der Waals surface area contributed by atoms with Crippen molar-refractivity contribution in [2.45, 2.75) is 12.3 Å². The van der Waals surface area contributed by atoms with Gasteiger partial charge in [-0.15, -0.1) is 11.6 Å². The van der Waals surface area contributed by atoms with Gasteiger partial charge in [0.2, 0.25) is 5.75 Å². The minimum absolute atomic E-state index is 0.218. The summed E-state index contributed by atoms with van der Waals surface area (Å²) in [4.78, 5) is 13.4. The van der Waals surface area contributed by atoms with Crippen LogP contribution in [0, 0.1) is 10.1 Å². The van der Waals surface area contributed by atoms with Gasteiger partial charge >= 0.3 is 5.69 Å². The molecule has 16 heavy (non-hydrogen) atoms. The first-order valence-corrected chi connectivity index (χ1v) is 4.60. The molecule has 0 radical (unpaired) electrons. The minimum Gasteiger partial charge on any atom is -0.489 e. The van der Waals surface area contributed by atoms with E-state index in [-0.39, 0.29) is 17.3 Å². The molecule has 0 N–H and O–H groups in total. The molecule has 0 aliphatic heterocycles. The lowest BCUT2D eigenvalue weighted by Gasteiger charge is -2.09. The highest BCUT2D eigenvalue weighted by Crippen LogP contribution is 2.38. The molecular weight excluding hydrogens is 246 g/mol. The lowest BCUT2D eigenvalue weighted by Crippen LogP contribution is -2.05. The first-order valence-electron chi connectivity index (χ1n) is 4.07. The van der Waals surface area contributed by atoms with Crippen LogP contribution in [-0.2, 0) is 5.88 Å². The molecule has 0 unspecified atom stereocenters. The number of hydrogen-bond acceptors (Lipinski definition) is 4. The van der Waals surface area contributed by atoms with Gasteiger partial charge in [-0.3, -0.25) is 15.1 Å². The van der Waals surface area contributed by atoms with Gasteiger partial charge in [-0.05, 0) is 0 Å². The van der Waals surface area contributed by atoms with E-state index in [0.29, 0.717) is 0 Å². The number of pyridine rings is 1. The Bertz CT molecular complexity index is 415. The van der Waals surface area contributed by atoms with Crippen molar-refractivity contribution in [3.8, 4) is 5.75 Å². The molecule has 8 heteroatoms. The van der Waals surface area contributed by atoms with E-state index >= 15 is 0 Å². The van der Waals surface area contributed by atoms with Crippen molar-refractivity contribution in [1.29, 1.82) is 0 Å². The van der Waals surface area contributed by atoms with Crippen LogP contribution < -0.4 is 4.74 Å². The number of aromatic nitrogens is 1. The molecule has 1 rings (SSSR count). The molecule has 5 nitrogen and oxygen atoms in total. The SMILES string of the molecule is COc1cnc(CCl)c(C(F)F)c1[N+](=O)[O-]. The first kappa shape index (κ1) is 12.6. The van der Waals surface area contributed by atoms with E-state index in [0.717, 1.165) is 13.3 Å². The smallest absolute Gasteiger partial charge is 0.323 e. The fourth-order valence-corrected chi connectivity index (χ4v) is 1.42. The fourth-order valence-electron chi connectivity index (χ4n) is 1.21. The Morgan fingerprint density at radius 2 is 2.31 bits per heavy atom. The Kier molecular flexibility index (Phi) is 3.94. The van der Waals surface area contributed by atoms with E-state index < -0.39 is 22.6 Å². The number of hydrogen-bond donors (Lipinski definition) is 0. The van der Waals surface area contributed by atoms with Gasteiger partial charge in [0, 0.05) is 0 Å². The van der Waals surface area contributed by atoms with Crippen molar-refractivity contribution in [2.24, 2.45) is 0 Å². The Labute approximate surface area is 94.1 Å². The molecule has 0 aromatic carbocycles. The number of nitro groups is 1. The summed E-state index contributed by atoms with van der Waals surface area (Å²) in [6.07, 6.45) is -2.03. The molecule has 1 aromatic rings. The van der Waals surface area contributed by atoms with Gasteiger partial charge in [-0.2, -0.15) is 0 Å². The topological polar surface area (TPSA) is 65.3 Å². The van der Waals surface area contributed by atoms with E-state index in [1.807, 2.05) is 0 Å². The number of rotatable bonds is 4. The molecule has 0 spiro atoms. The Balaban J connectivity index is 3.53. The van der Waals surface area contributed by atoms with Gasteiger partial charge in [0.25, 0.3) is 6.43 Å². The highest BCUT2D eigenvalue weighted by Gasteiger charge is 2.30. The van der Waals surface area contributed by atoms with Gasteiger partial charge < -0.3 is 4.74 Å². The lowest BCUT2D eigenvalue weighted by molar-refractivity contribution is -0.387. The van der Waals surface area contributed by atoms with Crippen LogP contribution in [0.4, 0.5) is 14.5 Å². The van der Waals surface area contributed by atoms with Crippen molar-refractivity contribution in [1.82, 2.24) is 4.98 Å². The van der Waals surface area contributed by atoms with Crippen molar-refractivity contribution in [3.63, 3.8) is 0 Å². The zero-order valence-electron chi connectivity index (χ0n) is 8.11. The predicted octanol–water partition coefficient (Wildman–Crippen LogP) is 2.67. The van der Waals surface area contributed by atoms with Crippen LogP contribution in [0.3, 0.4) is 0 Å². The van der Waals surface area contributed by atoms with Crippen LogP contribution in [0.2, 0.25) is 0 Å². The van der Waals surface area contributed by atoms with Gasteiger partial charge in [0.1, 0.15) is 5.56 Å². The summed E-state index contributed by atoms with van der Waals surface area (Å²) in [6, 6.07) is 0. The molecule has 0 saturated heterocycles. The van der Waals surface area contributed by atoms with E-state index in [9.17, 15) is 18.9 Å². The molecule has 0 fully saturated rings. The molecule has 1 aromatic heterocycles. The van der Waals surface area contributed by atoms with Crippen LogP contribution in [0.1, 0.15) is 17.7 Å². The minimum atomic E-state index is -3.03. The number of alkyl halides is 3. The Morgan fingerprint density at radius 3 is 2.69 bits per heavy atom. The summed E-state index contributed by atoms with van der Waals surface area (Å²) in [5.74, 6) is -0.640. The highest BCUT2D eigenvalue weighted by molar-refractivity contribution is 6.17. The summed E-state index contributed by atoms with van der Waals surface area (Å²) < 4.78 is 30.0. The Hall–Kier alpha value is -1.50. The van der Waals surface area contributed by atoms with Gasteiger partial charge in [-0.25, -0.2) is 8.78 Å². The maximum atomic E-state index is 12.7. The molecule has 1 heterocycles. The third-order valence-corrected chi connectivity index (χ3v) is 2.14. The largest absolute Gasteiger partial charge is 0.489 e. The average molecular weight is 253 g/mol. The molecule has 0 bridgehead atoms. The molecule has 0 saturated carbocycles. The van der Waals surface area contributed by atoms with Crippen LogP contribution >= 0.6 is 11.6 Å². The van der Waals surface area contributed by atoms with Gasteiger partial charge in [-0.1, -0.05) is 0 Å². The molecule has 0 aliphatic carbocycles. The molecule has 0 atom stereocenters. The summed E-state index contributed by atoms with van der Waals surface area (Å²) in [5, 5.41) is 10.7. The van der Waals surface area contributed by atoms with Crippen LogP contribution in [0.5, 0.6) is 5.75 Å². The highest BCUT2D eigenvalue weighted by atomic mass is 35.5. The lowest BCUT2D eigenvalue weighted by atomic mass is 10.1. The van der Waals surface area contributed by atoms with Gasteiger partial charge in [0.05, 0.1) is 29.8 Å². The van der Waals surface area contributed by atoms with E-state index in [2.05, 4.69) is 9.72 Å². The molecule has 0 aliphatic rings. The first-order chi connectivity index (χ1) is 7.52. The number of ether oxygens (including phenoxy) is 1. The summed E-state index contributed by atoms with van der Waals surface area (Å²) in [6.45, 7) is 0. The van der Waals surface area contributed by atoms with Crippen molar-refractivity contribution >= 4 is 17.3 Å². The van der Waals surface area contributed by atoms with Crippen molar-refractivity contribution < 1.29 is 18.4 Å². The van der Waals surface area contributed by atoms with E-state index in [4.69, 9.17) is 11.6 Å². The maximum absolute atomic E-state index is 12.7. The van der Waals surface area contributed by atoms with Crippen LogP contribution in [0.25, 0.3) is 0 Å².